The SMILES string of the molecule is CNC(=O)C=CC(=O)Cl. The van der Waals surface area contributed by atoms with E-state index in [0.717, 1.165) is 12.2 Å². The third-order valence-electron chi connectivity index (χ3n) is 0.612. The van der Waals surface area contributed by atoms with Crippen molar-refractivity contribution in [3.63, 3.8) is 0 Å². The van der Waals surface area contributed by atoms with E-state index >= 15 is 0 Å². The van der Waals surface area contributed by atoms with Crippen molar-refractivity contribution in [3.8, 4) is 0 Å². The fraction of sp³-hybridized carbons (Fsp3) is 0.200. The Morgan fingerprint density at radius 2 is 2.00 bits per heavy atom. The number of hydrogen-bond acceptors (Lipinski definition) is 2. The number of likely N-dealkylation sites (N-methyl/N-ethyl adjacent to an activating group) is 1. The average molecular weight is 148 g/mol. The third-order valence-corrected chi connectivity index (χ3v) is 0.738. The Morgan fingerprint density at radius 1 is 1.44 bits per heavy atom. The molecule has 0 atom stereocenters. The molecule has 50 valence electrons. The molecule has 0 aromatic rings. The van der Waals surface area contributed by atoms with Crippen molar-refractivity contribution >= 4 is 22.8 Å². The summed E-state index contributed by atoms with van der Waals surface area (Å²) in [5.41, 5.74) is 0. The van der Waals surface area contributed by atoms with Gasteiger partial charge in [-0.3, -0.25) is 9.59 Å². The molecule has 1 amide bonds. The van der Waals surface area contributed by atoms with Crippen molar-refractivity contribution in [2.45, 2.75) is 0 Å². The molecule has 9 heavy (non-hydrogen) atoms. The summed E-state index contributed by atoms with van der Waals surface area (Å²) in [5.74, 6) is -0.344. The first-order valence-corrected chi connectivity index (χ1v) is 2.64. The van der Waals surface area contributed by atoms with E-state index in [0.29, 0.717) is 0 Å². The first-order valence-electron chi connectivity index (χ1n) is 2.26. The van der Waals surface area contributed by atoms with Gasteiger partial charge in [0.05, 0.1) is 0 Å². The van der Waals surface area contributed by atoms with Crippen LogP contribution in [-0.2, 0) is 9.59 Å². The number of halogens is 1. The average Bonchev–Trinajstić information content (AvgIpc) is 1.83. The molecule has 0 rings (SSSR count). The molecule has 0 aliphatic carbocycles. The molecule has 0 aromatic heterocycles. The normalized spacial score (nSPS) is 9.56. The Hall–Kier alpha value is -0.830. The van der Waals surface area contributed by atoms with Gasteiger partial charge in [0.15, 0.2) is 0 Å². The molecule has 0 saturated carbocycles. The summed E-state index contributed by atoms with van der Waals surface area (Å²) in [7, 11) is 1.46. The Morgan fingerprint density at radius 3 is 2.33 bits per heavy atom. The molecule has 1 N–H and O–H groups in total. The first-order chi connectivity index (χ1) is 4.16. The van der Waals surface area contributed by atoms with Gasteiger partial charge in [0.2, 0.25) is 11.1 Å². The fourth-order valence-electron chi connectivity index (χ4n) is 0.225. The monoisotopic (exact) mass is 147 g/mol. The lowest BCUT2D eigenvalue weighted by atomic mass is 10.5. The topological polar surface area (TPSA) is 46.2 Å². The summed E-state index contributed by atoms with van der Waals surface area (Å²) in [6, 6.07) is 0. The summed E-state index contributed by atoms with van der Waals surface area (Å²) in [4.78, 5) is 20.3. The second kappa shape index (κ2) is 4.09. The van der Waals surface area contributed by atoms with Crippen LogP contribution in [0.2, 0.25) is 0 Å². The predicted molar refractivity (Wildman–Crippen MR) is 34.1 cm³/mol. The quantitative estimate of drug-likeness (QED) is 0.443. The zero-order chi connectivity index (χ0) is 7.28. The van der Waals surface area contributed by atoms with Crippen LogP contribution >= 0.6 is 11.6 Å². The summed E-state index contributed by atoms with van der Waals surface area (Å²) in [5, 5.41) is 1.63. The molecule has 0 aliphatic heterocycles. The van der Waals surface area contributed by atoms with E-state index < -0.39 is 5.24 Å². The minimum atomic E-state index is -0.654. The third kappa shape index (κ3) is 5.03. The van der Waals surface area contributed by atoms with Gasteiger partial charge in [0.25, 0.3) is 0 Å². The minimum Gasteiger partial charge on any atom is -0.356 e. The molecule has 0 bridgehead atoms. The molecule has 0 radical (unpaired) electrons. The highest BCUT2D eigenvalue weighted by Crippen LogP contribution is 1.80. The number of nitrogens with one attached hydrogen (secondary N) is 1. The largest absolute Gasteiger partial charge is 0.356 e. The molecule has 0 fully saturated rings. The molecule has 0 heterocycles. The molecular weight excluding hydrogens is 142 g/mol. The molecule has 3 nitrogen and oxygen atoms in total. The highest BCUT2D eigenvalue weighted by atomic mass is 35.5. The maximum atomic E-state index is 10.3. The number of rotatable bonds is 2. The van der Waals surface area contributed by atoms with Gasteiger partial charge in [0, 0.05) is 19.2 Å². The lowest BCUT2D eigenvalue weighted by molar-refractivity contribution is -0.116. The second-order valence-electron chi connectivity index (χ2n) is 1.25. The summed E-state index contributed by atoms with van der Waals surface area (Å²) in [6.45, 7) is 0. The molecule has 0 unspecified atom stereocenters. The highest BCUT2D eigenvalue weighted by Gasteiger charge is 1.89. The van der Waals surface area contributed by atoms with E-state index in [4.69, 9.17) is 11.6 Å². The Bertz CT molecular complexity index is 153. The van der Waals surface area contributed by atoms with Crippen LogP contribution in [0.15, 0.2) is 12.2 Å². The summed E-state index contributed by atoms with van der Waals surface area (Å²) < 4.78 is 0. The van der Waals surface area contributed by atoms with Gasteiger partial charge >= 0.3 is 0 Å². The smallest absolute Gasteiger partial charge is 0.245 e. The highest BCUT2D eigenvalue weighted by molar-refractivity contribution is 6.66. The number of hydrogen-bond donors (Lipinski definition) is 1. The van der Waals surface area contributed by atoms with Crippen LogP contribution in [0.3, 0.4) is 0 Å². The van der Waals surface area contributed by atoms with Crippen molar-refractivity contribution in [1.29, 1.82) is 0 Å². The summed E-state index contributed by atoms with van der Waals surface area (Å²) in [6.07, 6.45) is 2.05. The van der Waals surface area contributed by atoms with Crippen molar-refractivity contribution in [3.05, 3.63) is 12.2 Å². The van der Waals surface area contributed by atoms with Crippen molar-refractivity contribution in [2.24, 2.45) is 0 Å². The fourth-order valence-corrected chi connectivity index (χ4v) is 0.288. The lowest BCUT2D eigenvalue weighted by Crippen LogP contribution is -2.14. The van der Waals surface area contributed by atoms with Crippen molar-refractivity contribution in [2.75, 3.05) is 7.05 Å². The maximum Gasteiger partial charge on any atom is 0.245 e. The molecule has 0 saturated heterocycles. The summed E-state index contributed by atoms with van der Waals surface area (Å²) >= 11 is 4.87. The van der Waals surface area contributed by atoms with Gasteiger partial charge in [-0.2, -0.15) is 0 Å². The number of allylic oxidation sites excluding steroid dienone is 1. The van der Waals surface area contributed by atoms with Gasteiger partial charge in [-0.25, -0.2) is 0 Å². The van der Waals surface area contributed by atoms with E-state index in [2.05, 4.69) is 5.32 Å². The van der Waals surface area contributed by atoms with Crippen LogP contribution in [-0.4, -0.2) is 18.2 Å². The second-order valence-corrected chi connectivity index (χ2v) is 1.62. The Balaban J connectivity index is 3.71. The van der Waals surface area contributed by atoms with Crippen LogP contribution < -0.4 is 5.32 Å². The molecule has 0 aromatic carbocycles. The molecule has 0 spiro atoms. The van der Waals surface area contributed by atoms with Crippen molar-refractivity contribution < 1.29 is 9.59 Å². The zero-order valence-electron chi connectivity index (χ0n) is 4.85. The first kappa shape index (κ1) is 8.17. The van der Waals surface area contributed by atoms with Gasteiger partial charge in [-0.1, -0.05) is 0 Å². The van der Waals surface area contributed by atoms with E-state index in [9.17, 15) is 9.59 Å². The number of carbonyl (C=O) groups is 2. The van der Waals surface area contributed by atoms with Crippen LogP contribution in [0.4, 0.5) is 0 Å². The molecule has 0 aliphatic rings. The Kier molecular flexibility index (Phi) is 3.71. The van der Waals surface area contributed by atoms with Gasteiger partial charge in [-0.15, -0.1) is 0 Å². The molecular formula is C5H6ClNO2. The van der Waals surface area contributed by atoms with Crippen LogP contribution in [0, 0.1) is 0 Å². The minimum absolute atomic E-state index is 0.344. The lowest BCUT2D eigenvalue weighted by Gasteiger charge is -1.85. The van der Waals surface area contributed by atoms with Crippen molar-refractivity contribution in [1.82, 2.24) is 5.32 Å². The van der Waals surface area contributed by atoms with Gasteiger partial charge in [0.1, 0.15) is 0 Å². The van der Waals surface area contributed by atoms with Crippen LogP contribution in [0.1, 0.15) is 0 Å². The zero-order valence-corrected chi connectivity index (χ0v) is 5.61. The molecule has 4 heteroatoms. The van der Waals surface area contributed by atoms with Crippen LogP contribution in [0.25, 0.3) is 0 Å². The standard InChI is InChI=1S/C5H6ClNO2/c1-7-5(9)3-2-4(6)8/h2-3H,1H3,(H,7,9). The maximum absolute atomic E-state index is 10.3. The van der Waals surface area contributed by atoms with Gasteiger partial charge in [-0.05, 0) is 11.6 Å². The van der Waals surface area contributed by atoms with E-state index in [1.54, 1.807) is 0 Å². The van der Waals surface area contributed by atoms with E-state index in [1.165, 1.54) is 7.05 Å². The van der Waals surface area contributed by atoms with E-state index in [1.807, 2.05) is 0 Å². The Labute approximate surface area is 57.7 Å². The van der Waals surface area contributed by atoms with Crippen LogP contribution in [0.5, 0.6) is 0 Å². The van der Waals surface area contributed by atoms with E-state index in [-0.39, 0.29) is 5.91 Å². The number of carbonyl (C=O) groups excluding carboxylic acids is 2. The number of amides is 1. The van der Waals surface area contributed by atoms with Gasteiger partial charge < -0.3 is 5.32 Å². The predicted octanol–water partition coefficient (Wildman–Crippen LogP) is 0.0540.